The number of sulfone groups is 1. The van der Waals surface area contributed by atoms with Gasteiger partial charge < -0.3 is 0 Å². The lowest BCUT2D eigenvalue weighted by Crippen LogP contribution is -2.03. The van der Waals surface area contributed by atoms with Gasteiger partial charge in [0, 0.05) is 30.7 Å². The third-order valence-electron chi connectivity index (χ3n) is 3.54. The van der Waals surface area contributed by atoms with Gasteiger partial charge in [-0.25, -0.2) is 8.42 Å². The number of carbonyl (C=O) groups is 1. The summed E-state index contributed by atoms with van der Waals surface area (Å²) in [5.74, 6) is -0.0803. The van der Waals surface area contributed by atoms with Crippen LogP contribution in [0.5, 0.6) is 0 Å². The Morgan fingerprint density at radius 3 is 1.88 bits per heavy atom. The van der Waals surface area contributed by atoms with Gasteiger partial charge in [0.2, 0.25) is 0 Å². The summed E-state index contributed by atoms with van der Waals surface area (Å²) < 4.78 is 23.2. The zero-order chi connectivity index (χ0) is 19.7. The van der Waals surface area contributed by atoms with Crippen molar-refractivity contribution in [1.29, 1.82) is 0 Å². The predicted molar refractivity (Wildman–Crippen MR) is 109 cm³/mol. The molecule has 0 bridgehead atoms. The van der Waals surface area contributed by atoms with E-state index in [0.717, 1.165) is 17.4 Å². The van der Waals surface area contributed by atoms with Gasteiger partial charge >= 0.3 is 0 Å². The summed E-state index contributed by atoms with van der Waals surface area (Å²) in [6.45, 7) is 5.51. The number of aliphatic imine (C=N–C) groups is 1. The molecular formula is C21H25NO3S. The van der Waals surface area contributed by atoms with Crippen LogP contribution < -0.4 is 0 Å². The first-order valence-corrected chi connectivity index (χ1v) is 10.3. The minimum atomic E-state index is -3.26. The quantitative estimate of drug-likeness (QED) is 0.447. The van der Waals surface area contributed by atoms with Gasteiger partial charge in [-0.3, -0.25) is 9.79 Å². The van der Waals surface area contributed by atoms with Crippen molar-refractivity contribution in [3.63, 3.8) is 0 Å². The lowest BCUT2D eigenvalue weighted by atomic mass is 9.93. The van der Waals surface area contributed by atoms with Gasteiger partial charge in [0.1, 0.15) is 0 Å². The summed E-state index contributed by atoms with van der Waals surface area (Å²) in [6.07, 6.45) is 2.79. The Hall–Kier alpha value is -2.53. The number of hydrogen-bond acceptors (Lipinski definition) is 4. The maximum atomic E-state index is 12.2. The van der Waals surface area contributed by atoms with Crippen molar-refractivity contribution < 1.29 is 13.2 Å². The summed E-state index contributed by atoms with van der Waals surface area (Å²) in [5, 5.41) is 0. The van der Waals surface area contributed by atoms with Crippen molar-refractivity contribution in [3.05, 3.63) is 65.7 Å². The van der Waals surface area contributed by atoms with Crippen LogP contribution in [0.3, 0.4) is 0 Å². The van der Waals surface area contributed by atoms with E-state index in [2.05, 4.69) is 4.99 Å². The molecule has 0 aliphatic carbocycles. The maximum absolute atomic E-state index is 12.2. The third-order valence-corrected chi connectivity index (χ3v) is 4.66. The lowest BCUT2D eigenvalue weighted by molar-refractivity contribution is -0.111. The Kier molecular flexibility index (Phi) is 8.13. The van der Waals surface area contributed by atoms with Gasteiger partial charge in [0.15, 0.2) is 15.6 Å². The number of Topliss-reactive ketones (excluding diaryl/α,β-unsaturated/α-hetero) is 1. The van der Waals surface area contributed by atoms with E-state index in [1.807, 2.05) is 44.2 Å². The molecule has 0 heterocycles. The second kappa shape index (κ2) is 9.82. The number of benzene rings is 2. The molecule has 0 spiro atoms. The van der Waals surface area contributed by atoms with Crippen LogP contribution in [0, 0.1) is 0 Å². The van der Waals surface area contributed by atoms with Crippen molar-refractivity contribution in [1.82, 2.24) is 0 Å². The molecule has 0 fully saturated rings. The third kappa shape index (κ3) is 5.49. The highest BCUT2D eigenvalue weighted by Gasteiger charge is 2.15. The Morgan fingerprint density at radius 2 is 1.46 bits per heavy atom. The van der Waals surface area contributed by atoms with Crippen molar-refractivity contribution in [3.8, 4) is 0 Å². The molecule has 4 nitrogen and oxygen atoms in total. The van der Waals surface area contributed by atoms with Gasteiger partial charge in [0.25, 0.3) is 0 Å². The largest absolute Gasteiger partial charge is 0.296 e. The fraction of sp³-hybridized carbons (Fsp3) is 0.238. The van der Waals surface area contributed by atoms with Gasteiger partial charge in [-0.05, 0) is 30.2 Å². The van der Waals surface area contributed by atoms with Gasteiger partial charge in [0.05, 0.1) is 4.90 Å². The summed E-state index contributed by atoms with van der Waals surface area (Å²) in [5.41, 5.74) is 2.75. The van der Waals surface area contributed by atoms with Crippen LogP contribution in [0.2, 0.25) is 0 Å². The molecule has 2 aromatic carbocycles. The van der Waals surface area contributed by atoms with Crippen LogP contribution in [0.25, 0.3) is 11.1 Å². The molecule has 0 amide bonds. The van der Waals surface area contributed by atoms with Crippen LogP contribution in [-0.2, 0) is 14.6 Å². The van der Waals surface area contributed by atoms with E-state index in [1.54, 1.807) is 25.4 Å². The molecule has 0 aliphatic rings. The standard InChI is InChI=1S/C19H19NO3S.C2H6/c1-14(21)19(16-7-5-4-6-8-16)18(13-20-2)15-9-11-17(12-10-15)24(3,22)23;1-2/h4-13H,1-3H3;1-2H3/b19-18-,20-13?;. The Morgan fingerprint density at radius 1 is 0.923 bits per heavy atom. The normalized spacial score (nSPS) is 12.2. The highest BCUT2D eigenvalue weighted by Crippen LogP contribution is 2.27. The van der Waals surface area contributed by atoms with Crippen LogP contribution in [0.15, 0.2) is 64.5 Å². The van der Waals surface area contributed by atoms with Crippen LogP contribution in [-0.4, -0.2) is 33.7 Å². The fourth-order valence-corrected chi connectivity index (χ4v) is 3.08. The lowest BCUT2D eigenvalue weighted by Gasteiger charge is -2.11. The van der Waals surface area contributed by atoms with Crippen LogP contribution in [0.4, 0.5) is 0 Å². The first kappa shape index (κ1) is 21.5. The van der Waals surface area contributed by atoms with E-state index < -0.39 is 9.84 Å². The molecule has 2 aromatic rings. The van der Waals surface area contributed by atoms with E-state index in [4.69, 9.17) is 0 Å². The van der Waals surface area contributed by atoms with Crippen molar-refractivity contribution in [2.24, 2.45) is 4.99 Å². The minimum absolute atomic E-state index is 0.0803. The Bertz CT molecular complexity index is 894. The zero-order valence-electron chi connectivity index (χ0n) is 15.9. The van der Waals surface area contributed by atoms with E-state index in [0.29, 0.717) is 11.1 Å². The second-order valence-corrected chi connectivity index (χ2v) is 7.41. The number of nitrogens with zero attached hydrogens (tertiary/aromatic N) is 1. The smallest absolute Gasteiger partial charge is 0.175 e. The molecule has 0 radical (unpaired) electrons. The molecule has 2 rings (SSSR count). The average molecular weight is 372 g/mol. The number of carbonyl (C=O) groups excluding carboxylic acids is 1. The highest BCUT2D eigenvalue weighted by atomic mass is 32.2. The molecule has 0 saturated heterocycles. The first-order valence-electron chi connectivity index (χ1n) is 8.38. The van der Waals surface area contributed by atoms with Crippen molar-refractivity contribution in [2.45, 2.75) is 25.7 Å². The molecule has 0 atom stereocenters. The fourth-order valence-electron chi connectivity index (χ4n) is 2.45. The summed E-state index contributed by atoms with van der Waals surface area (Å²) in [7, 11) is -1.63. The molecule has 0 aliphatic heterocycles. The van der Waals surface area contributed by atoms with E-state index >= 15 is 0 Å². The van der Waals surface area contributed by atoms with E-state index in [9.17, 15) is 13.2 Å². The molecule has 0 saturated carbocycles. The number of rotatable bonds is 5. The Balaban J connectivity index is 0.00000163. The molecule has 26 heavy (non-hydrogen) atoms. The van der Waals surface area contributed by atoms with Gasteiger partial charge in [-0.1, -0.05) is 56.3 Å². The Labute approximate surface area is 156 Å². The minimum Gasteiger partial charge on any atom is -0.296 e. The highest BCUT2D eigenvalue weighted by molar-refractivity contribution is 7.90. The number of ketones is 1. The first-order chi connectivity index (χ1) is 12.3. The summed E-state index contributed by atoms with van der Waals surface area (Å²) >= 11 is 0. The van der Waals surface area contributed by atoms with Gasteiger partial charge in [-0.2, -0.15) is 0 Å². The molecule has 0 unspecified atom stereocenters. The molecule has 5 heteroatoms. The second-order valence-electron chi connectivity index (χ2n) is 5.39. The van der Waals surface area contributed by atoms with Crippen LogP contribution >= 0.6 is 0 Å². The molecule has 0 aromatic heterocycles. The average Bonchev–Trinajstić information content (AvgIpc) is 2.63. The zero-order valence-corrected chi connectivity index (χ0v) is 16.7. The molecule has 138 valence electrons. The van der Waals surface area contributed by atoms with Crippen molar-refractivity contribution >= 4 is 33.0 Å². The maximum Gasteiger partial charge on any atom is 0.175 e. The molecular weight excluding hydrogens is 346 g/mol. The predicted octanol–water partition coefficient (Wildman–Crippen LogP) is 4.32. The number of allylic oxidation sites excluding steroid dienone is 2. The van der Waals surface area contributed by atoms with E-state index in [-0.39, 0.29) is 10.7 Å². The topological polar surface area (TPSA) is 63.6 Å². The van der Waals surface area contributed by atoms with Crippen molar-refractivity contribution in [2.75, 3.05) is 13.3 Å². The van der Waals surface area contributed by atoms with E-state index in [1.165, 1.54) is 19.1 Å². The monoisotopic (exact) mass is 371 g/mol. The summed E-state index contributed by atoms with van der Waals surface area (Å²) in [4.78, 5) is 16.5. The molecule has 0 N–H and O–H groups in total. The number of hydrogen-bond donors (Lipinski definition) is 0. The van der Waals surface area contributed by atoms with Crippen LogP contribution in [0.1, 0.15) is 31.9 Å². The van der Waals surface area contributed by atoms with Gasteiger partial charge in [-0.15, -0.1) is 0 Å². The SMILES string of the molecule is CC.CN=C/C(=C(\C(C)=O)c1ccccc1)c1ccc(S(C)(=O)=O)cc1. The summed E-state index contributed by atoms with van der Waals surface area (Å²) in [6, 6.07) is 15.8.